The van der Waals surface area contributed by atoms with Crippen molar-refractivity contribution in [1.82, 2.24) is 4.90 Å². The van der Waals surface area contributed by atoms with Crippen molar-refractivity contribution < 1.29 is 14.3 Å². The summed E-state index contributed by atoms with van der Waals surface area (Å²) in [4.78, 5) is 25.7. The number of ether oxygens (including phenoxy) is 1. The molecule has 0 spiro atoms. The van der Waals surface area contributed by atoms with Crippen LogP contribution in [0.15, 0.2) is 41.1 Å². The van der Waals surface area contributed by atoms with Gasteiger partial charge in [0, 0.05) is 23.9 Å². The molecule has 2 heterocycles. The summed E-state index contributed by atoms with van der Waals surface area (Å²) in [5.74, 6) is 0.195. The molecule has 6 heteroatoms. The number of hydrogen-bond donors (Lipinski definition) is 0. The fraction of sp³-hybridized carbons (Fsp3) is 0.333. The number of thioether (sulfide) groups is 1. The zero-order valence-corrected chi connectivity index (χ0v) is 15.1. The van der Waals surface area contributed by atoms with E-state index in [0.717, 1.165) is 18.5 Å². The summed E-state index contributed by atoms with van der Waals surface area (Å²) in [7, 11) is 1.40. The molecular weight excluding hydrogens is 342 g/mol. The molecule has 1 aliphatic rings. The monoisotopic (exact) mass is 361 g/mol. The number of amides is 1. The van der Waals surface area contributed by atoms with Gasteiger partial charge in [0.2, 0.25) is 0 Å². The van der Waals surface area contributed by atoms with Gasteiger partial charge in [-0.25, -0.2) is 0 Å². The van der Waals surface area contributed by atoms with E-state index in [1.807, 2.05) is 34.5 Å². The van der Waals surface area contributed by atoms with Crippen LogP contribution in [0.5, 0.6) is 0 Å². The second kappa shape index (κ2) is 7.85. The number of methoxy groups -OCH3 is 1. The zero-order chi connectivity index (χ0) is 16.9. The predicted octanol–water partition coefficient (Wildman–Crippen LogP) is 3.54. The second-order valence-corrected chi connectivity index (χ2v) is 7.71. The Kier molecular flexibility index (Phi) is 5.58. The molecule has 4 nitrogen and oxygen atoms in total. The minimum absolute atomic E-state index is 0.0630. The zero-order valence-electron chi connectivity index (χ0n) is 13.4. The molecule has 1 fully saturated rings. The molecule has 0 unspecified atom stereocenters. The van der Waals surface area contributed by atoms with Crippen LogP contribution >= 0.6 is 23.1 Å². The third kappa shape index (κ3) is 3.99. The van der Waals surface area contributed by atoms with Crippen molar-refractivity contribution in [2.45, 2.75) is 11.7 Å². The highest BCUT2D eigenvalue weighted by Gasteiger charge is 2.27. The number of nitrogens with zero attached hydrogens (tertiary/aromatic N) is 1. The third-order valence-electron chi connectivity index (χ3n) is 4.08. The Labute approximate surface area is 149 Å². The van der Waals surface area contributed by atoms with E-state index in [4.69, 9.17) is 0 Å². The summed E-state index contributed by atoms with van der Waals surface area (Å²) >= 11 is 3.23. The third-order valence-corrected chi connectivity index (χ3v) is 6.02. The molecule has 1 aromatic heterocycles. The smallest absolute Gasteiger partial charge is 0.315 e. The molecule has 1 aromatic carbocycles. The summed E-state index contributed by atoms with van der Waals surface area (Å²) in [6.45, 7) is 1.43. The molecule has 2 aromatic rings. The Morgan fingerprint density at radius 1 is 1.25 bits per heavy atom. The molecule has 0 saturated carbocycles. The van der Waals surface area contributed by atoms with Gasteiger partial charge in [-0.2, -0.15) is 11.3 Å². The molecule has 0 aliphatic carbocycles. The van der Waals surface area contributed by atoms with Crippen LogP contribution in [0.1, 0.15) is 16.8 Å². The van der Waals surface area contributed by atoms with Crippen molar-refractivity contribution in [3.05, 3.63) is 46.7 Å². The SMILES string of the molecule is COC(=O)CS[C@@H]1CCN(C(=O)c2ccc(-c3ccsc3)cc2)C1. The van der Waals surface area contributed by atoms with Crippen LogP contribution in [0, 0.1) is 0 Å². The Hall–Kier alpha value is -1.79. The van der Waals surface area contributed by atoms with Gasteiger partial charge in [0.15, 0.2) is 0 Å². The van der Waals surface area contributed by atoms with E-state index in [2.05, 4.69) is 16.2 Å². The molecular formula is C18H19NO3S2. The molecule has 1 amide bonds. The fourth-order valence-corrected chi connectivity index (χ4v) is 4.42. The lowest BCUT2D eigenvalue weighted by Crippen LogP contribution is -2.29. The minimum Gasteiger partial charge on any atom is -0.468 e. The molecule has 1 aliphatic heterocycles. The first kappa shape index (κ1) is 17.0. The van der Waals surface area contributed by atoms with Gasteiger partial charge in [0.25, 0.3) is 5.91 Å². The van der Waals surface area contributed by atoms with Gasteiger partial charge in [-0.1, -0.05) is 12.1 Å². The molecule has 1 saturated heterocycles. The first-order valence-corrected chi connectivity index (χ1v) is 9.77. The van der Waals surface area contributed by atoms with Crippen LogP contribution in [0.3, 0.4) is 0 Å². The number of carbonyl (C=O) groups is 2. The standard InChI is InChI=1S/C18H19NO3S2/c1-22-17(20)12-24-16-6-8-19(10-16)18(21)14-4-2-13(3-5-14)15-7-9-23-11-15/h2-5,7,9,11,16H,6,8,10,12H2,1H3/t16-/m1/s1. The Morgan fingerprint density at radius 3 is 2.71 bits per heavy atom. The second-order valence-electron chi connectivity index (χ2n) is 5.64. The van der Waals surface area contributed by atoms with Crippen LogP contribution in [-0.2, 0) is 9.53 Å². The maximum absolute atomic E-state index is 12.6. The largest absolute Gasteiger partial charge is 0.468 e. The van der Waals surface area contributed by atoms with E-state index < -0.39 is 0 Å². The minimum atomic E-state index is -0.214. The summed E-state index contributed by atoms with van der Waals surface area (Å²) in [6.07, 6.45) is 0.917. The Bertz CT molecular complexity index is 698. The van der Waals surface area contributed by atoms with Crippen LogP contribution < -0.4 is 0 Å². The van der Waals surface area contributed by atoms with Crippen LogP contribution in [-0.4, -0.2) is 48.0 Å². The van der Waals surface area contributed by atoms with Gasteiger partial charge in [0.1, 0.15) is 0 Å². The summed E-state index contributed by atoms with van der Waals surface area (Å²) < 4.78 is 4.66. The Morgan fingerprint density at radius 2 is 2.04 bits per heavy atom. The van der Waals surface area contributed by atoms with Crippen LogP contribution in [0.25, 0.3) is 11.1 Å². The van der Waals surface area contributed by atoms with E-state index in [1.165, 1.54) is 12.7 Å². The number of benzene rings is 1. The van der Waals surface area contributed by atoms with E-state index in [-0.39, 0.29) is 11.9 Å². The molecule has 0 bridgehead atoms. The lowest BCUT2D eigenvalue weighted by atomic mass is 10.1. The predicted molar refractivity (Wildman–Crippen MR) is 98.5 cm³/mol. The van der Waals surface area contributed by atoms with Crippen LogP contribution in [0.4, 0.5) is 0 Å². The average molecular weight is 361 g/mol. The van der Waals surface area contributed by atoms with Crippen LogP contribution in [0.2, 0.25) is 0 Å². The van der Waals surface area contributed by atoms with E-state index in [9.17, 15) is 9.59 Å². The average Bonchev–Trinajstić information content (AvgIpc) is 3.31. The number of rotatable bonds is 5. The molecule has 0 radical (unpaired) electrons. The lowest BCUT2D eigenvalue weighted by Gasteiger charge is -2.16. The highest BCUT2D eigenvalue weighted by Crippen LogP contribution is 2.26. The quantitative estimate of drug-likeness (QED) is 0.764. The van der Waals surface area contributed by atoms with Gasteiger partial charge >= 0.3 is 5.97 Å². The van der Waals surface area contributed by atoms with Crippen molar-refractivity contribution in [1.29, 1.82) is 0 Å². The number of carbonyl (C=O) groups excluding carboxylic acids is 2. The lowest BCUT2D eigenvalue weighted by molar-refractivity contribution is -0.137. The number of thiophene rings is 1. The first-order valence-electron chi connectivity index (χ1n) is 7.77. The normalized spacial score (nSPS) is 17.0. The molecule has 126 valence electrons. The number of esters is 1. The molecule has 24 heavy (non-hydrogen) atoms. The van der Waals surface area contributed by atoms with Crippen molar-refractivity contribution in [2.24, 2.45) is 0 Å². The highest BCUT2D eigenvalue weighted by atomic mass is 32.2. The topological polar surface area (TPSA) is 46.6 Å². The van der Waals surface area contributed by atoms with Gasteiger partial charge < -0.3 is 9.64 Å². The fourth-order valence-electron chi connectivity index (χ4n) is 2.71. The highest BCUT2D eigenvalue weighted by molar-refractivity contribution is 8.00. The maximum Gasteiger partial charge on any atom is 0.315 e. The summed E-state index contributed by atoms with van der Waals surface area (Å²) in [5, 5.41) is 4.45. The van der Waals surface area contributed by atoms with Crippen molar-refractivity contribution in [2.75, 3.05) is 26.0 Å². The van der Waals surface area contributed by atoms with Gasteiger partial charge in [0.05, 0.1) is 12.9 Å². The first-order chi connectivity index (χ1) is 11.7. The van der Waals surface area contributed by atoms with Gasteiger partial charge in [-0.05, 0) is 46.5 Å². The van der Waals surface area contributed by atoms with Crippen molar-refractivity contribution in [3.8, 4) is 11.1 Å². The number of hydrogen-bond acceptors (Lipinski definition) is 5. The number of likely N-dealkylation sites (tertiary alicyclic amines) is 1. The van der Waals surface area contributed by atoms with Gasteiger partial charge in [-0.15, -0.1) is 11.8 Å². The van der Waals surface area contributed by atoms with Gasteiger partial charge in [-0.3, -0.25) is 9.59 Å². The van der Waals surface area contributed by atoms with Crippen molar-refractivity contribution >= 4 is 35.0 Å². The summed E-state index contributed by atoms with van der Waals surface area (Å²) in [5.41, 5.74) is 3.02. The van der Waals surface area contributed by atoms with E-state index in [1.54, 1.807) is 23.1 Å². The molecule has 0 N–H and O–H groups in total. The van der Waals surface area contributed by atoms with E-state index in [0.29, 0.717) is 23.1 Å². The maximum atomic E-state index is 12.6. The van der Waals surface area contributed by atoms with Crippen molar-refractivity contribution in [3.63, 3.8) is 0 Å². The Balaban J connectivity index is 1.58. The molecule has 3 rings (SSSR count). The van der Waals surface area contributed by atoms with E-state index >= 15 is 0 Å². The molecule has 1 atom stereocenters. The summed E-state index contributed by atoms with van der Waals surface area (Å²) in [6, 6.07) is 9.85.